The molecule has 0 radical (unpaired) electrons. The highest BCUT2D eigenvalue weighted by Gasteiger charge is 2.35. The molecule has 4 rings (SSSR count). The number of hydrogen-bond acceptors (Lipinski definition) is 2. The van der Waals surface area contributed by atoms with Gasteiger partial charge in [0.05, 0.1) is 11.6 Å². The molecule has 3 nitrogen and oxygen atoms in total. The summed E-state index contributed by atoms with van der Waals surface area (Å²) in [7, 11) is 0. The van der Waals surface area contributed by atoms with E-state index in [1.165, 1.54) is 0 Å². The summed E-state index contributed by atoms with van der Waals surface area (Å²) in [5.74, 6) is -1.03. The summed E-state index contributed by atoms with van der Waals surface area (Å²) < 4.78 is 43.3. The maximum Gasteiger partial charge on any atom is 0.128 e. The number of aromatic nitrogens is 2. The molecule has 0 spiro atoms. The van der Waals surface area contributed by atoms with Crippen LogP contribution in [0.15, 0.2) is 48.8 Å². The minimum absolute atomic E-state index is 0.144. The Balaban J connectivity index is 1.77. The van der Waals surface area contributed by atoms with Gasteiger partial charge in [-0.15, -0.1) is 0 Å². The summed E-state index contributed by atoms with van der Waals surface area (Å²) in [4.78, 5) is 1.79. The van der Waals surface area contributed by atoms with Gasteiger partial charge in [-0.25, -0.2) is 17.7 Å². The molecule has 3 heterocycles. The van der Waals surface area contributed by atoms with Crippen LogP contribution in [0.1, 0.15) is 18.0 Å². The van der Waals surface area contributed by atoms with Crippen molar-refractivity contribution in [2.75, 3.05) is 11.4 Å². The predicted octanol–water partition coefficient (Wildman–Crippen LogP) is 3.90. The molecular formula is C17H14F3N3. The highest BCUT2D eigenvalue weighted by Crippen LogP contribution is 2.38. The third-order valence-electron chi connectivity index (χ3n) is 4.28. The van der Waals surface area contributed by atoms with E-state index in [1.807, 2.05) is 18.2 Å². The molecular weight excluding hydrogens is 303 g/mol. The maximum atomic E-state index is 14.1. The molecule has 6 heteroatoms. The molecule has 0 bridgehead atoms. The van der Waals surface area contributed by atoms with Gasteiger partial charge in [-0.2, -0.15) is 5.10 Å². The van der Waals surface area contributed by atoms with Crippen LogP contribution in [-0.2, 0) is 0 Å². The lowest BCUT2D eigenvalue weighted by Crippen LogP contribution is -2.24. The van der Waals surface area contributed by atoms with Gasteiger partial charge < -0.3 is 4.90 Å². The average molecular weight is 317 g/mol. The molecule has 1 aliphatic rings. The Kier molecular flexibility index (Phi) is 3.25. The fourth-order valence-electron chi connectivity index (χ4n) is 3.22. The van der Waals surface area contributed by atoms with Crippen LogP contribution in [0, 0.1) is 11.6 Å². The fraction of sp³-hybridized carbons (Fsp3) is 0.235. The molecule has 0 unspecified atom stereocenters. The standard InChI is InChI=1S/C17H14F3N3/c18-11-1-2-16(20)15(7-11)17-8-12(19)10-22(17)13-4-6-23-14(9-13)3-5-21-23/h1-7,9,12,17H,8,10H2/t12-,17+/m0/s1. The minimum Gasteiger partial charge on any atom is -0.361 e. The molecule has 118 valence electrons. The smallest absolute Gasteiger partial charge is 0.128 e. The number of pyridine rings is 1. The van der Waals surface area contributed by atoms with Gasteiger partial charge in [-0.1, -0.05) is 0 Å². The largest absolute Gasteiger partial charge is 0.361 e. The normalized spacial score (nSPS) is 21.3. The number of rotatable bonds is 2. The van der Waals surface area contributed by atoms with Crippen LogP contribution in [0.5, 0.6) is 0 Å². The third-order valence-corrected chi connectivity index (χ3v) is 4.28. The Morgan fingerprint density at radius 2 is 1.96 bits per heavy atom. The van der Waals surface area contributed by atoms with E-state index >= 15 is 0 Å². The average Bonchev–Trinajstić information content (AvgIpc) is 3.15. The first-order valence-corrected chi connectivity index (χ1v) is 7.41. The van der Waals surface area contributed by atoms with Crippen LogP contribution in [0.4, 0.5) is 18.9 Å². The molecule has 1 fully saturated rings. The van der Waals surface area contributed by atoms with Crippen LogP contribution < -0.4 is 4.90 Å². The van der Waals surface area contributed by atoms with Gasteiger partial charge in [-0.05, 0) is 36.4 Å². The highest BCUT2D eigenvalue weighted by atomic mass is 19.1. The SMILES string of the molecule is Fc1ccc(F)c([C@H]2C[C@H](F)CN2c2ccn3nccc3c2)c1. The summed E-state index contributed by atoms with van der Waals surface area (Å²) in [6.45, 7) is 0.158. The molecule has 1 aromatic carbocycles. The van der Waals surface area contributed by atoms with Crippen molar-refractivity contribution in [3.8, 4) is 0 Å². The molecule has 0 N–H and O–H groups in total. The number of halogens is 3. The first-order valence-electron chi connectivity index (χ1n) is 7.41. The lowest BCUT2D eigenvalue weighted by Gasteiger charge is -2.27. The molecule has 2 aromatic heterocycles. The van der Waals surface area contributed by atoms with Gasteiger partial charge in [-0.3, -0.25) is 0 Å². The zero-order valence-electron chi connectivity index (χ0n) is 12.2. The zero-order chi connectivity index (χ0) is 16.0. The van der Waals surface area contributed by atoms with Gasteiger partial charge in [0.25, 0.3) is 0 Å². The van der Waals surface area contributed by atoms with E-state index in [0.29, 0.717) is 0 Å². The molecule has 23 heavy (non-hydrogen) atoms. The molecule has 1 saturated heterocycles. The van der Waals surface area contributed by atoms with Crippen molar-refractivity contribution in [3.05, 3.63) is 66.0 Å². The number of benzene rings is 1. The zero-order valence-corrected chi connectivity index (χ0v) is 12.2. The third kappa shape index (κ3) is 2.44. The second kappa shape index (κ2) is 5.30. The van der Waals surface area contributed by atoms with Crippen molar-refractivity contribution in [1.82, 2.24) is 9.61 Å². The molecule has 3 aromatic rings. The van der Waals surface area contributed by atoms with E-state index in [-0.39, 0.29) is 18.5 Å². The number of anilines is 1. The molecule has 0 aliphatic carbocycles. The van der Waals surface area contributed by atoms with E-state index in [9.17, 15) is 13.2 Å². The van der Waals surface area contributed by atoms with Gasteiger partial charge in [0, 0.05) is 36.6 Å². The van der Waals surface area contributed by atoms with E-state index in [2.05, 4.69) is 5.10 Å². The summed E-state index contributed by atoms with van der Waals surface area (Å²) in [5.41, 5.74) is 1.83. The van der Waals surface area contributed by atoms with Crippen LogP contribution >= 0.6 is 0 Å². The quantitative estimate of drug-likeness (QED) is 0.714. The topological polar surface area (TPSA) is 20.5 Å². The minimum atomic E-state index is -1.08. The summed E-state index contributed by atoms with van der Waals surface area (Å²) >= 11 is 0. The van der Waals surface area contributed by atoms with Gasteiger partial charge in [0.15, 0.2) is 0 Å². The lowest BCUT2D eigenvalue weighted by molar-refractivity contribution is 0.356. The summed E-state index contributed by atoms with van der Waals surface area (Å²) in [6, 6.07) is 8.31. The first kappa shape index (κ1) is 14.1. The van der Waals surface area contributed by atoms with Crippen LogP contribution in [0.3, 0.4) is 0 Å². The van der Waals surface area contributed by atoms with Crippen molar-refractivity contribution in [1.29, 1.82) is 0 Å². The second-order valence-electron chi connectivity index (χ2n) is 5.75. The van der Waals surface area contributed by atoms with Crippen molar-refractivity contribution >= 4 is 11.2 Å². The first-order chi connectivity index (χ1) is 11.1. The fourth-order valence-corrected chi connectivity index (χ4v) is 3.22. The second-order valence-corrected chi connectivity index (χ2v) is 5.75. The van der Waals surface area contributed by atoms with E-state index in [1.54, 1.807) is 21.8 Å². The molecule has 0 amide bonds. The Morgan fingerprint density at radius 3 is 2.83 bits per heavy atom. The Bertz CT molecular complexity index is 861. The number of fused-ring (bicyclic) bond motifs is 1. The number of alkyl halides is 1. The van der Waals surface area contributed by atoms with Gasteiger partial charge in [0.1, 0.15) is 17.8 Å². The molecule has 2 atom stereocenters. The van der Waals surface area contributed by atoms with E-state index < -0.39 is 23.8 Å². The van der Waals surface area contributed by atoms with Gasteiger partial charge in [0.2, 0.25) is 0 Å². The van der Waals surface area contributed by atoms with Crippen molar-refractivity contribution < 1.29 is 13.2 Å². The van der Waals surface area contributed by atoms with E-state index in [4.69, 9.17) is 0 Å². The van der Waals surface area contributed by atoms with Crippen LogP contribution in [-0.4, -0.2) is 22.3 Å². The van der Waals surface area contributed by atoms with Crippen molar-refractivity contribution in [3.63, 3.8) is 0 Å². The highest BCUT2D eigenvalue weighted by molar-refractivity contribution is 5.60. The number of nitrogens with zero attached hydrogens (tertiary/aromatic N) is 3. The molecule has 0 saturated carbocycles. The Hall–Kier alpha value is -2.50. The molecule has 1 aliphatic heterocycles. The van der Waals surface area contributed by atoms with E-state index in [0.717, 1.165) is 29.4 Å². The Morgan fingerprint density at radius 1 is 1.09 bits per heavy atom. The number of hydrogen-bond donors (Lipinski definition) is 0. The predicted molar refractivity (Wildman–Crippen MR) is 81.2 cm³/mol. The lowest BCUT2D eigenvalue weighted by atomic mass is 10.0. The van der Waals surface area contributed by atoms with Crippen LogP contribution in [0.2, 0.25) is 0 Å². The Labute approximate surface area is 131 Å². The summed E-state index contributed by atoms with van der Waals surface area (Å²) in [6.07, 6.45) is 2.51. The maximum absolute atomic E-state index is 14.1. The van der Waals surface area contributed by atoms with Gasteiger partial charge >= 0.3 is 0 Å². The van der Waals surface area contributed by atoms with Crippen molar-refractivity contribution in [2.24, 2.45) is 0 Å². The van der Waals surface area contributed by atoms with Crippen molar-refractivity contribution in [2.45, 2.75) is 18.6 Å². The van der Waals surface area contributed by atoms with Crippen LogP contribution in [0.25, 0.3) is 5.52 Å². The monoisotopic (exact) mass is 317 g/mol. The summed E-state index contributed by atoms with van der Waals surface area (Å²) in [5, 5.41) is 4.12.